The summed E-state index contributed by atoms with van der Waals surface area (Å²) in [5.74, 6) is 0.205. The Balaban J connectivity index is 2.05. The summed E-state index contributed by atoms with van der Waals surface area (Å²) in [7, 11) is 1.95. The highest BCUT2D eigenvalue weighted by molar-refractivity contribution is 7.14. The van der Waals surface area contributed by atoms with Gasteiger partial charge >= 0.3 is 0 Å². The Morgan fingerprint density at radius 2 is 2.12 bits per heavy atom. The van der Waals surface area contributed by atoms with Crippen LogP contribution in [0.2, 0.25) is 0 Å². The number of carbonyl (C=O) groups excluding carboxylic acids is 1. The molecule has 0 bridgehead atoms. The van der Waals surface area contributed by atoms with Gasteiger partial charge in [0.2, 0.25) is 0 Å². The standard InChI is InChI=1S/C13H19NOS/c1-3-11-8-9-12(16-11)13(15)14(2)10-6-4-5-7-10/h8-10H,3-7H2,1-2H3. The van der Waals surface area contributed by atoms with Gasteiger partial charge in [0.25, 0.3) is 5.91 Å². The Morgan fingerprint density at radius 3 is 2.69 bits per heavy atom. The summed E-state index contributed by atoms with van der Waals surface area (Å²) in [5, 5.41) is 0. The van der Waals surface area contributed by atoms with Gasteiger partial charge in [-0.2, -0.15) is 0 Å². The third kappa shape index (κ3) is 2.29. The lowest BCUT2D eigenvalue weighted by atomic mass is 10.2. The van der Waals surface area contributed by atoms with Crippen LogP contribution in [-0.2, 0) is 6.42 Å². The fourth-order valence-corrected chi connectivity index (χ4v) is 3.24. The molecule has 1 aromatic heterocycles. The van der Waals surface area contributed by atoms with Gasteiger partial charge in [0.1, 0.15) is 0 Å². The Labute approximate surface area is 101 Å². The summed E-state index contributed by atoms with van der Waals surface area (Å²) in [6, 6.07) is 4.51. The smallest absolute Gasteiger partial charge is 0.263 e. The van der Waals surface area contributed by atoms with Gasteiger partial charge < -0.3 is 4.90 Å². The quantitative estimate of drug-likeness (QED) is 0.789. The van der Waals surface area contributed by atoms with Crippen LogP contribution >= 0.6 is 11.3 Å². The van der Waals surface area contributed by atoms with Crippen molar-refractivity contribution >= 4 is 17.2 Å². The van der Waals surface area contributed by atoms with Gasteiger partial charge in [0.15, 0.2) is 0 Å². The highest BCUT2D eigenvalue weighted by Gasteiger charge is 2.24. The lowest BCUT2D eigenvalue weighted by Crippen LogP contribution is -2.34. The van der Waals surface area contributed by atoms with Gasteiger partial charge in [-0.25, -0.2) is 0 Å². The summed E-state index contributed by atoms with van der Waals surface area (Å²) in [6.07, 6.45) is 5.91. The first kappa shape index (κ1) is 11.6. The zero-order chi connectivity index (χ0) is 11.5. The number of amides is 1. The van der Waals surface area contributed by atoms with Crippen molar-refractivity contribution in [2.75, 3.05) is 7.05 Å². The molecular formula is C13H19NOS. The topological polar surface area (TPSA) is 20.3 Å². The molecule has 3 heteroatoms. The first-order valence-corrected chi connectivity index (χ1v) is 6.90. The van der Waals surface area contributed by atoms with Crippen LogP contribution in [0, 0.1) is 0 Å². The molecule has 1 aromatic rings. The summed E-state index contributed by atoms with van der Waals surface area (Å²) in [4.78, 5) is 16.3. The summed E-state index contributed by atoms with van der Waals surface area (Å²) in [5.41, 5.74) is 0. The van der Waals surface area contributed by atoms with E-state index in [9.17, 15) is 4.79 Å². The minimum atomic E-state index is 0.205. The Morgan fingerprint density at radius 1 is 1.44 bits per heavy atom. The van der Waals surface area contributed by atoms with Crippen molar-refractivity contribution in [3.05, 3.63) is 21.9 Å². The minimum absolute atomic E-state index is 0.205. The summed E-state index contributed by atoms with van der Waals surface area (Å²) >= 11 is 1.64. The average molecular weight is 237 g/mol. The number of nitrogens with zero attached hydrogens (tertiary/aromatic N) is 1. The highest BCUT2D eigenvalue weighted by Crippen LogP contribution is 2.25. The molecule has 1 aliphatic carbocycles. The van der Waals surface area contributed by atoms with Crippen LogP contribution in [0.1, 0.15) is 47.2 Å². The third-order valence-corrected chi connectivity index (χ3v) is 4.63. The molecule has 1 heterocycles. The van der Waals surface area contributed by atoms with Crippen LogP contribution in [0.5, 0.6) is 0 Å². The maximum atomic E-state index is 12.2. The van der Waals surface area contributed by atoms with Crippen molar-refractivity contribution < 1.29 is 4.79 Å². The molecule has 0 N–H and O–H groups in total. The van der Waals surface area contributed by atoms with Gasteiger partial charge in [0.05, 0.1) is 4.88 Å². The second-order valence-electron chi connectivity index (χ2n) is 4.47. The molecule has 0 saturated heterocycles. The molecule has 88 valence electrons. The van der Waals surface area contributed by atoms with E-state index in [1.807, 2.05) is 18.0 Å². The lowest BCUT2D eigenvalue weighted by Gasteiger charge is -2.23. The molecule has 1 aliphatic rings. The maximum Gasteiger partial charge on any atom is 0.263 e. The van der Waals surface area contributed by atoms with Crippen LogP contribution in [0.25, 0.3) is 0 Å². The number of aryl methyl sites for hydroxylation is 1. The van der Waals surface area contributed by atoms with E-state index in [1.165, 1.54) is 30.6 Å². The van der Waals surface area contributed by atoms with E-state index < -0.39 is 0 Å². The molecule has 0 atom stereocenters. The first-order chi connectivity index (χ1) is 7.72. The van der Waals surface area contributed by atoms with Crippen LogP contribution in [0.4, 0.5) is 0 Å². The van der Waals surface area contributed by atoms with Crippen molar-refractivity contribution in [3.8, 4) is 0 Å². The summed E-state index contributed by atoms with van der Waals surface area (Å²) in [6.45, 7) is 2.13. The summed E-state index contributed by atoms with van der Waals surface area (Å²) < 4.78 is 0. The molecule has 0 aromatic carbocycles. The van der Waals surface area contributed by atoms with Crippen molar-refractivity contribution in [3.63, 3.8) is 0 Å². The Hall–Kier alpha value is -0.830. The molecule has 2 rings (SSSR count). The molecule has 1 fully saturated rings. The number of hydrogen-bond donors (Lipinski definition) is 0. The zero-order valence-electron chi connectivity index (χ0n) is 10.0. The fourth-order valence-electron chi connectivity index (χ4n) is 2.31. The van der Waals surface area contributed by atoms with E-state index in [0.29, 0.717) is 6.04 Å². The number of hydrogen-bond acceptors (Lipinski definition) is 2. The maximum absolute atomic E-state index is 12.2. The molecular weight excluding hydrogens is 218 g/mol. The van der Waals surface area contributed by atoms with Gasteiger partial charge in [0, 0.05) is 18.0 Å². The molecule has 0 radical (unpaired) electrons. The molecule has 0 unspecified atom stereocenters. The van der Waals surface area contributed by atoms with E-state index in [-0.39, 0.29) is 5.91 Å². The van der Waals surface area contributed by atoms with E-state index in [0.717, 1.165) is 11.3 Å². The van der Waals surface area contributed by atoms with Gasteiger partial charge in [-0.3, -0.25) is 4.79 Å². The zero-order valence-corrected chi connectivity index (χ0v) is 10.8. The minimum Gasteiger partial charge on any atom is -0.338 e. The molecule has 0 spiro atoms. The molecule has 2 nitrogen and oxygen atoms in total. The van der Waals surface area contributed by atoms with Crippen molar-refractivity contribution in [2.45, 2.75) is 45.1 Å². The van der Waals surface area contributed by atoms with E-state index in [2.05, 4.69) is 13.0 Å². The second-order valence-corrected chi connectivity index (χ2v) is 5.64. The fraction of sp³-hybridized carbons (Fsp3) is 0.615. The van der Waals surface area contributed by atoms with Crippen LogP contribution < -0.4 is 0 Å². The highest BCUT2D eigenvalue weighted by atomic mass is 32.1. The van der Waals surface area contributed by atoms with E-state index in [1.54, 1.807) is 11.3 Å². The second kappa shape index (κ2) is 5.00. The van der Waals surface area contributed by atoms with Crippen molar-refractivity contribution in [2.24, 2.45) is 0 Å². The predicted octanol–water partition coefficient (Wildman–Crippen LogP) is 3.33. The molecule has 0 aliphatic heterocycles. The van der Waals surface area contributed by atoms with Gasteiger partial charge in [-0.1, -0.05) is 19.8 Å². The van der Waals surface area contributed by atoms with E-state index >= 15 is 0 Å². The predicted molar refractivity (Wildman–Crippen MR) is 68.0 cm³/mol. The third-order valence-electron chi connectivity index (χ3n) is 3.41. The number of carbonyl (C=O) groups is 1. The lowest BCUT2D eigenvalue weighted by molar-refractivity contribution is 0.0740. The Kier molecular flexibility index (Phi) is 3.64. The van der Waals surface area contributed by atoms with Crippen molar-refractivity contribution in [1.29, 1.82) is 0 Å². The SMILES string of the molecule is CCc1ccc(C(=O)N(C)C2CCCC2)s1. The Bertz CT molecular complexity index is 366. The first-order valence-electron chi connectivity index (χ1n) is 6.08. The van der Waals surface area contributed by atoms with Crippen molar-refractivity contribution in [1.82, 2.24) is 4.90 Å². The molecule has 1 saturated carbocycles. The molecule has 16 heavy (non-hydrogen) atoms. The van der Waals surface area contributed by atoms with Gasteiger partial charge in [-0.05, 0) is 31.4 Å². The van der Waals surface area contributed by atoms with E-state index in [4.69, 9.17) is 0 Å². The van der Waals surface area contributed by atoms with Crippen LogP contribution in [0.15, 0.2) is 12.1 Å². The average Bonchev–Trinajstić information content (AvgIpc) is 2.97. The molecule has 1 amide bonds. The normalized spacial score (nSPS) is 16.6. The monoisotopic (exact) mass is 237 g/mol. The van der Waals surface area contributed by atoms with Crippen LogP contribution in [0.3, 0.4) is 0 Å². The number of thiophene rings is 1. The van der Waals surface area contributed by atoms with Crippen LogP contribution in [-0.4, -0.2) is 23.9 Å². The van der Waals surface area contributed by atoms with Gasteiger partial charge in [-0.15, -0.1) is 11.3 Å². The number of rotatable bonds is 3. The largest absolute Gasteiger partial charge is 0.338 e.